The van der Waals surface area contributed by atoms with Gasteiger partial charge in [-0.1, -0.05) is 43.6 Å². The van der Waals surface area contributed by atoms with E-state index in [4.69, 9.17) is 11.6 Å². The Morgan fingerprint density at radius 3 is 2.96 bits per heavy atom. The van der Waals surface area contributed by atoms with Gasteiger partial charge in [-0.15, -0.1) is 11.3 Å². The molecule has 1 amide bonds. The van der Waals surface area contributed by atoms with Crippen molar-refractivity contribution in [2.75, 3.05) is 0 Å². The fourth-order valence-corrected chi connectivity index (χ4v) is 4.65. The van der Waals surface area contributed by atoms with Crippen molar-refractivity contribution in [1.29, 1.82) is 0 Å². The van der Waals surface area contributed by atoms with Crippen LogP contribution in [0.2, 0.25) is 5.02 Å². The number of aromatic nitrogens is 2. The summed E-state index contributed by atoms with van der Waals surface area (Å²) in [6.07, 6.45) is 3.75. The zero-order chi connectivity index (χ0) is 19.0. The van der Waals surface area contributed by atoms with Gasteiger partial charge in [-0.25, -0.2) is 0 Å². The molecule has 0 radical (unpaired) electrons. The second kappa shape index (κ2) is 7.13. The fraction of sp³-hybridized carbons (Fsp3) is 0.333. The summed E-state index contributed by atoms with van der Waals surface area (Å²) in [6.45, 7) is 5.17. The molecule has 4 nitrogen and oxygen atoms in total. The molecule has 1 aliphatic carbocycles. The number of nitrogens with one attached hydrogen (secondary N) is 1. The quantitative estimate of drug-likeness (QED) is 0.664. The van der Waals surface area contributed by atoms with Crippen molar-refractivity contribution in [3.63, 3.8) is 0 Å². The Bertz CT molecular complexity index is 962. The van der Waals surface area contributed by atoms with Crippen LogP contribution in [0.25, 0.3) is 0 Å². The van der Waals surface area contributed by atoms with E-state index in [2.05, 4.69) is 30.3 Å². The maximum absolute atomic E-state index is 12.6. The molecule has 3 aromatic rings. The van der Waals surface area contributed by atoms with E-state index in [9.17, 15) is 4.79 Å². The lowest BCUT2D eigenvalue weighted by Crippen LogP contribution is -2.36. The largest absolute Gasteiger partial charge is 0.344 e. The Balaban J connectivity index is 1.62. The maximum atomic E-state index is 12.6. The highest BCUT2D eigenvalue weighted by Crippen LogP contribution is 2.41. The molecule has 2 aromatic heterocycles. The minimum atomic E-state index is -0.0218. The molecule has 0 fully saturated rings. The van der Waals surface area contributed by atoms with Gasteiger partial charge < -0.3 is 5.32 Å². The second-order valence-electron chi connectivity index (χ2n) is 7.88. The first kappa shape index (κ1) is 18.3. The van der Waals surface area contributed by atoms with Gasteiger partial charge in [0, 0.05) is 16.3 Å². The molecule has 27 heavy (non-hydrogen) atoms. The number of thiophene rings is 1. The molecule has 1 N–H and O–H groups in total. The van der Waals surface area contributed by atoms with Crippen LogP contribution in [0.5, 0.6) is 0 Å². The summed E-state index contributed by atoms with van der Waals surface area (Å²) in [5, 5.41) is 10.5. The molecule has 1 unspecified atom stereocenters. The number of benzene rings is 1. The summed E-state index contributed by atoms with van der Waals surface area (Å²) in [7, 11) is 0. The van der Waals surface area contributed by atoms with Gasteiger partial charge in [-0.3, -0.25) is 9.48 Å². The summed E-state index contributed by atoms with van der Waals surface area (Å²) in [5.74, 6) is -0.0127. The van der Waals surface area contributed by atoms with Gasteiger partial charge in [-0.2, -0.15) is 5.10 Å². The molecule has 0 spiro atoms. The Labute approximate surface area is 168 Å². The van der Waals surface area contributed by atoms with Crippen LogP contribution in [-0.4, -0.2) is 15.7 Å². The highest BCUT2D eigenvalue weighted by atomic mass is 35.5. The Kier molecular flexibility index (Phi) is 4.82. The van der Waals surface area contributed by atoms with Crippen LogP contribution >= 0.6 is 22.9 Å². The molecule has 0 saturated heterocycles. The van der Waals surface area contributed by atoms with Crippen molar-refractivity contribution in [1.82, 2.24) is 15.1 Å². The van der Waals surface area contributed by atoms with E-state index in [1.807, 2.05) is 46.6 Å². The monoisotopic (exact) mass is 399 g/mol. The van der Waals surface area contributed by atoms with E-state index in [-0.39, 0.29) is 17.4 Å². The first-order valence-electron chi connectivity index (χ1n) is 9.05. The smallest absolute Gasteiger partial charge is 0.261 e. The topological polar surface area (TPSA) is 46.9 Å². The van der Waals surface area contributed by atoms with Gasteiger partial charge in [0.2, 0.25) is 0 Å². The van der Waals surface area contributed by atoms with Crippen LogP contribution in [-0.2, 0) is 13.0 Å². The van der Waals surface area contributed by atoms with Crippen molar-refractivity contribution < 1.29 is 4.79 Å². The zero-order valence-electron chi connectivity index (χ0n) is 15.4. The van der Waals surface area contributed by atoms with Crippen LogP contribution in [0, 0.1) is 5.41 Å². The molecule has 1 atom stereocenters. The van der Waals surface area contributed by atoms with E-state index in [0.29, 0.717) is 6.54 Å². The first-order valence-corrected chi connectivity index (χ1v) is 10.3. The van der Waals surface area contributed by atoms with Crippen LogP contribution in [0.4, 0.5) is 0 Å². The summed E-state index contributed by atoms with van der Waals surface area (Å²) in [4.78, 5) is 13.3. The van der Waals surface area contributed by atoms with Crippen molar-refractivity contribution in [3.8, 4) is 0 Å². The number of halogens is 1. The molecule has 0 aliphatic heterocycles. The highest BCUT2D eigenvalue weighted by molar-refractivity contribution is 7.12. The van der Waals surface area contributed by atoms with Gasteiger partial charge in [0.15, 0.2) is 0 Å². The first-order chi connectivity index (χ1) is 12.9. The number of fused-ring (bicyclic) bond motifs is 1. The van der Waals surface area contributed by atoms with Gasteiger partial charge >= 0.3 is 0 Å². The van der Waals surface area contributed by atoms with Gasteiger partial charge in [-0.05, 0) is 47.4 Å². The Hall–Kier alpha value is -2.11. The molecule has 6 heteroatoms. The summed E-state index contributed by atoms with van der Waals surface area (Å²) in [5.41, 5.74) is 3.53. The van der Waals surface area contributed by atoms with Gasteiger partial charge in [0.1, 0.15) is 0 Å². The summed E-state index contributed by atoms with van der Waals surface area (Å²) in [6, 6.07) is 11.6. The Morgan fingerprint density at radius 1 is 1.37 bits per heavy atom. The van der Waals surface area contributed by atoms with Crippen LogP contribution in [0.15, 0.2) is 48.0 Å². The lowest BCUT2D eigenvalue weighted by atomic mass is 9.74. The van der Waals surface area contributed by atoms with E-state index in [1.165, 1.54) is 17.0 Å². The lowest BCUT2D eigenvalue weighted by Gasteiger charge is -2.36. The molecule has 1 aliphatic rings. The molecule has 140 valence electrons. The van der Waals surface area contributed by atoms with E-state index in [1.54, 1.807) is 0 Å². The SMILES string of the molecule is CC1(C)Cc2c(cnn2Cc2cccc(Cl)c2)C(NC(=O)c2cccs2)C1. The third-order valence-corrected chi connectivity index (χ3v) is 6.13. The number of hydrogen-bond acceptors (Lipinski definition) is 3. The number of amides is 1. The molecule has 4 rings (SSSR count). The maximum Gasteiger partial charge on any atom is 0.261 e. The van der Waals surface area contributed by atoms with Crippen LogP contribution in [0.3, 0.4) is 0 Å². The van der Waals surface area contributed by atoms with Crippen LogP contribution in [0.1, 0.15) is 52.8 Å². The number of hydrogen-bond donors (Lipinski definition) is 1. The number of rotatable bonds is 4. The molecule has 1 aromatic carbocycles. The lowest BCUT2D eigenvalue weighted by molar-refractivity contribution is 0.0923. The van der Waals surface area contributed by atoms with Crippen molar-refractivity contribution >= 4 is 28.8 Å². The minimum absolute atomic E-state index is 0.0127. The zero-order valence-corrected chi connectivity index (χ0v) is 17.0. The Morgan fingerprint density at radius 2 is 2.22 bits per heavy atom. The predicted octanol–water partition coefficient (Wildman–Crippen LogP) is 5.09. The molecule has 0 saturated carbocycles. The summed E-state index contributed by atoms with van der Waals surface area (Å²) < 4.78 is 2.05. The highest BCUT2D eigenvalue weighted by Gasteiger charge is 2.35. The number of nitrogens with zero attached hydrogens (tertiary/aromatic N) is 2. The molecular weight excluding hydrogens is 378 g/mol. The average Bonchev–Trinajstić information content (AvgIpc) is 3.25. The average molecular weight is 400 g/mol. The third-order valence-electron chi connectivity index (χ3n) is 5.03. The van der Waals surface area contributed by atoms with E-state index >= 15 is 0 Å². The normalized spacial score (nSPS) is 18.1. The predicted molar refractivity (Wildman–Crippen MR) is 109 cm³/mol. The third kappa shape index (κ3) is 3.94. The van der Waals surface area contributed by atoms with Crippen molar-refractivity contribution in [2.24, 2.45) is 5.41 Å². The number of carbonyl (C=O) groups is 1. The summed E-state index contributed by atoms with van der Waals surface area (Å²) >= 11 is 7.59. The van der Waals surface area contributed by atoms with Crippen molar-refractivity contribution in [3.05, 3.63) is 74.7 Å². The molecular formula is C21H22ClN3OS. The van der Waals surface area contributed by atoms with Crippen LogP contribution < -0.4 is 5.32 Å². The second-order valence-corrected chi connectivity index (χ2v) is 9.27. The standard InChI is InChI=1S/C21H22ClN3OS/c1-21(2)10-17(24-20(26)19-7-4-8-27-19)16-12-23-25(18(16)11-21)13-14-5-3-6-15(22)9-14/h3-9,12,17H,10-11,13H2,1-2H3,(H,24,26). The van der Waals surface area contributed by atoms with E-state index < -0.39 is 0 Å². The van der Waals surface area contributed by atoms with Gasteiger partial charge in [0.05, 0.1) is 23.7 Å². The van der Waals surface area contributed by atoms with Gasteiger partial charge in [0.25, 0.3) is 5.91 Å². The molecule has 2 heterocycles. The van der Waals surface area contributed by atoms with Crippen molar-refractivity contribution in [2.45, 2.75) is 39.3 Å². The minimum Gasteiger partial charge on any atom is -0.344 e. The number of carbonyl (C=O) groups excluding carboxylic acids is 1. The fourth-order valence-electron chi connectivity index (χ4n) is 3.81. The van der Waals surface area contributed by atoms with E-state index in [0.717, 1.165) is 33.9 Å². The molecule has 0 bridgehead atoms.